The lowest BCUT2D eigenvalue weighted by Gasteiger charge is -2.06. The van der Waals surface area contributed by atoms with E-state index in [-0.39, 0.29) is 6.61 Å². The fraction of sp³-hybridized carbons (Fsp3) is 0.500. The Kier molecular flexibility index (Phi) is 3.18. The summed E-state index contributed by atoms with van der Waals surface area (Å²) in [5.41, 5.74) is 0. The van der Waals surface area contributed by atoms with Gasteiger partial charge >= 0.3 is 0 Å². The molecule has 0 saturated carbocycles. The molecule has 0 aliphatic rings. The van der Waals surface area contributed by atoms with Crippen molar-refractivity contribution in [2.75, 3.05) is 6.61 Å². The van der Waals surface area contributed by atoms with Gasteiger partial charge in [-0.05, 0) is 0 Å². The Morgan fingerprint density at radius 3 is 2.67 bits per heavy atom. The zero-order chi connectivity index (χ0) is 7.33. The normalized spacial score (nSPS) is 10.9. The maximum atomic E-state index is 11.8. The number of terminal acetylenes is 1. The molecule has 0 heterocycles. The van der Waals surface area contributed by atoms with E-state index < -0.39 is 5.92 Å². The van der Waals surface area contributed by atoms with Crippen LogP contribution >= 0.6 is 0 Å². The molecule has 1 radical (unpaired) electrons. The second-order valence-corrected chi connectivity index (χ2v) is 1.59. The van der Waals surface area contributed by atoms with Crippen LogP contribution in [0.1, 0.15) is 6.92 Å². The summed E-state index contributed by atoms with van der Waals surface area (Å²) in [7, 11) is 0. The molecule has 0 spiro atoms. The molecule has 0 rings (SSSR count). The third-order valence-electron chi connectivity index (χ3n) is 0.457. The van der Waals surface area contributed by atoms with Crippen LogP contribution in [-0.4, -0.2) is 12.5 Å². The molecule has 0 aliphatic heterocycles. The molecule has 0 fully saturated rings. The molecule has 3 heteroatoms. The van der Waals surface area contributed by atoms with Crippen molar-refractivity contribution in [1.82, 2.24) is 0 Å². The second kappa shape index (κ2) is 3.41. The molecule has 51 valence electrons. The van der Waals surface area contributed by atoms with Gasteiger partial charge in [0.1, 0.15) is 6.61 Å². The summed E-state index contributed by atoms with van der Waals surface area (Å²) in [4.78, 5) is 0. The molecule has 0 atom stereocenters. The highest BCUT2D eigenvalue weighted by atomic mass is 19.3. The van der Waals surface area contributed by atoms with Crippen molar-refractivity contribution in [1.29, 1.82) is 0 Å². The van der Waals surface area contributed by atoms with Crippen LogP contribution in [0, 0.1) is 19.0 Å². The minimum atomic E-state index is -2.89. The number of alkyl halides is 2. The lowest BCUT2D eigenvalue weighted by Crippen LogP contribution is -2.12. The molecule has 1 nitrogen and oxygen atoms in total. The van der Waals surface area contributed by atoms with E-state index in [1.165, 1.54) is 0 Å². The van der Waals surface area contributed by atoms with Gasteiger partial charge in [0.2, 0.25) is 0 Å². The SMILES string of the molecule is C#CCO[CH]C(C)(F)F. The van der Waals surface area contributed by atoms with E-state index in [1.54, 1.807) is 0 Å². The van der Waals surface area contributed by atoms with Crippen LogP contribution in [0.3, 0.4) is 0 Å². The minimum absolute atomic E-state index is 0.108. The molecule has 9 heavy (non-hydrogen) atoms. The van der Waals surface area contributed by atoms with Crippen LogP contribution in [-0.2, 0) is 4.74 Å². The summed E-state index contributed by atoms with van der Waals surface area (Å²) in [5, 5.41) is 0. The molecule has 0 N–H and O–H groups in total. The molecule has 0 unspecified atom stereocenters. The van der Waals surface area contributed by atoms with Gasteiger partial charge in [0.25, 0.3) is 5.92 Å². The molecule has 0 aromatic heterocycles. The largest absolute Gasteiger partial charge is 0.356 e. The average molecular weight is 133 g/mol. The Hall–Kier alpha value is -0.620. The summed E-state index contributed by atoms with van der Waals surface area (Å²) >= 11 is 0. The number of rotatable bonds is 3. The predicted octanol–water partition coefficient (Wildman–Crippen LogP) is 1.45. The minimum Gasteiger partial charge on any atom is -0.356 e. The highest BCUT2D eigenvalue weighted by Gasteiger charge is 2.21. The van der Waals surface area contributed by atoms with E-state index >= 15 is 0 Å². The standard InChI is InChI=1S/C6H7F2O/c1-3-4-9-5-6(2,7)8/h1,5H,4H2,2H3. The third kappa shape index (κ3) is 7.38. The van der Waals surface area contributed by atoms with E-state index in [0.29, 0.717) is 6.61 Å². The summed E-state index contributed by atoms with van der Waals surface area (Å²) in [6, 6.07) is 0. The van der Waals surface area contributed by atoms with Crippen LogP contribution in [0.15, 0.2) is 0 Å². The van der Waals surface area contributed by atoms with E-state index in [4.69, 9.17) is 6.42 Å². The first kappa shape index (κ1) is 8.38. The summed E-state index contributed by atoms with van der Waals surface area (Å²) in [6.07, 6.45) is 4.72. The number of ether oxygens (including phenoxy) is 1. The van der Waals surface area contributed by atoms with E-state index in [2.05, 4.69) is 10.7 Å². The molecule has 0 bridgehead atoms. The number of hydrogen-bond donors (Lipinski definition) is 0. The average Bonchev–Trinajstić information content (AvgIpc) is 1.63. The lowest BCUT2D eigenvalue weighted by atomic mass is 10.4. The zero-order valence-electron chi connectivity index (χ0n) is 5.03. The maximum absolute atomic E-state index is 11.8. The van der Waals surface area contributed by atoms with Crippen molar-refractivity contribution in [3.05, 3.63) is 6.61 Å². The third-order valence-corrected chi connectivity index (χ3v) is 0.457. The Balaban J connectivity index is 3.20. The molecule has 0 aliphatic carbocycles. The van der Waals surface area contributed by atoms with Gasteiger partial charge in [0.05, 0.1) is 0 Å². The zero-order valence-corrected chi connectivity index (χ0v) is 5.03. The van der Waals surface area contributed by atoms with Crippen molar-refractivity contribution >= 4 is 0 Å². The quantitative estimate of drug-likeness (QED) is 0.418. The monoisotopic (exact) mass is 133 g/mol. The summed E-state index contributed by atoms with van der Waals surface area (Å²) in [5.74, 6) is -0.839. The van der Waals surface area contributed by atoms with Gasteiger partial charge in [-0.15, -0.1) is 6.42 Å². The topological polar surface area (TPSA) is 9.23 Å². The molecular formula is C6H7F2O. The Bertz CT molecular complexity index is 109. The molecule has 0 saturated heterocycles. The van der Waals surface area contributed by atoms with Crippen LogP contribution in [0.2, 0.25) is 0 Å². The van der Waals surface area contributed by atoms with Crippen molar-refractivity contribution in [3.63, 3.8) is 0 Å². The van der Waals surface area contributed by atoms with Crippen molar-refractivity contribution in [2.45, 2.75) is 12.8 Å². The van der Waals surface area contributed by atoms with Crippen molar-refractivity contribution in [2.24, 2.45) is 0 Å². The van der Waals surface area contributed by atoms with Crippen LogP contribution in [0.4, 0.5) is 8.78 Å². The fourth-order valence-corrected chi connectivity index (χ4v) is 0.236. The highest BCUT2D eigenvalue weighted by Crippen LogP contribution is 2.15. The van der Waals surface area contributed by atoms with Gasteiger partial charge < -0.3 is 4.74 Å². The number of hydrogen-bond acceptors (Lipinski definition) is 1. The van der Waals surface area contributed by atoms with Crippen LogP contribution < -0.4 is 0 Å². The first-order chi connectivity index (χ1) is 4.06. The molecular weight excluding hydrogens is 126 g/mol. The Morgan fingerprint density at radius 1 is 1.78 bits per heavy atom. The summed E-state index contributed by atoms with van der Waals surface area (Å²) in [6.45, 7) is 1.04. The fourth-order valence-electron chi connectivity index (χ4n) is 0.236. The molecule has 0 aromatic carbocycles. The predicted molar refractivity (Wildman–Crippen MR) is 29.7 cm³/mol. The van der Waals surface area contributed by atoms with Gasteiger partial charge in [-0.25, -0.2) is 8.78 Å². The first-order valence-corrected chi connectivity index (χ1v) is 2.33. The van der Waals surface area contributed by atoms with E-state index in [1.807, 2.05) is 0 Å². The maximum Gasteiger partial charge on any atom is 0.273 e. The van der Waals surface area contributed by atoms with Crippen LogP contribution in [0.5, 0.6) is 0 Å². The van der Waals surface area contributed by atoms with Crippen molar-refractivity contribution < 1.29 is 13.5 Å². The second-order valence-electron chi connectivity index (χ2n) is 1.59. The van der Waals surface area contributed by atoms with E-state index in [0.717, 1.165) is 6.92 Å². The van der Waals surface area contributed by atoms with Crippen molar-refractivity contribution in [3.8, 4) is 12.3 Å². The van der Waals surface area contributed by atoms with E-state index in [9.17, 15) is 8.78 Å². The number of halogens is 2. The first-order valence-electron chi connectivity index (χ1n) is 2.33. The Morgan fingerprint density at radius 2 is 2.33 bits per heavy atom. The van der Waals surface area contributed by atoms with Crippen LogP contribution in [0.25, 0.3) is 0 Å². The summed E-state index contributed by atoms with van der Waals surface area (Å²) < 4.78 is 27.8. The smallest absolute Gasteiger partial charge is 0.273 e. The Labute approximate surface area is 53.0 Å². The molecule has 0 amide bonds. The van der Waals surface area contributed by atoms with Gasteiger partial charge in [-0.1, -0.05) is 5.92 Å². The van der Waals surface area contributed by atoms with Gasteiger partial charge in [-0.2, -0.15) is 0 Å². The molecule has 0 aromatic rings. The van der Waals surface area contributed by atoms with Gasteiger partial charge in [-0.3, -0.25) is 0 Å². The lowest BCUT2D eigenvalue weighted by molar-refractivity contribution is -0.00802. The van der Waals surface area contributed by atoms with Gasteiger partial charge in [0.15, 0.2) is 6.61 Å². The van der Waals surface area contributed by atoms with Gasteiger partial charge in [0, 0.05) is 6.92 Å². The highest BCUT2D eigenvalue weighted by molar-refractivity contribution is 4.84.